The van der Waals surface area contributed by atoms with Crippen LogP contribution in [0.3, 0.4) is 0 Å². The van der Waals surface area contributed by atoms with Crippen molar-refractivity contribution in [1.82, 2.24) is 0 Å². The summed E-state index contributed by atoms with van der Waals surface area (Å²) in [6.45, 7) is 2.72. The van der Waals surface area contributed by atoms with E-state index in [1.165, 1.54) is 11.1 Å². The van der Waals surface area contributed by atoms with Crippen molar-refractivity contribution in [3.05, 3.63) is 27.7 Å². The minimum Gasteiger partial charge on any atom is -0.494 e. The van der Waals surface area contributed by atoms with E-state index in [0.29, 0.717) is 6.61 Å². The van der Waals surface area contributed by atoms with Crippen LogP contribution in [0.5, 0.6) is 5.75 Å². The van der Waals surface area contributed by atoms with Crippen molar-refractivity contribution in [3.63, 3.8) is 0 Å². The first-order chi connectivity index (χ1) is 7.24. The lowest BCUT2D eigenvalue weighted by molar-refractivity contribution is 0.333. The summed E-state index contributed by atoms with van der Waals surface area (Å²) in [6.07, 6.45) is 3.31. The van der Waals surface area contributed by atoms with Gasteiger partial charge in [-0.3, -0.25) is 0 Å². The Hall–Kier alpha value is -0.540. The van der Waals surface area contributed by atoms with E-state index in [1.54, 1.807) is 0 Å². The van der Waals surface area contributed by atoms with Crippen molar-refractivity contribution >= 4 is 15.9 Å². The summed E-state index contributed by atoms with van der Waals surface area (Å²) >= 11 is 3.57. The van der Waals surface area contributed by atoms with Gasteiger partial charge in [-0.2, -0.15) is 0 Å². The van der Waals surface area contributed by atoms with Gasteiger partial charge in [0.2, 0.25) is 0 Å². The molecule has 2 N–H and O–H groups in total. The summed E-state index contributed by atoms with van der Waals surface area (Å²) in [7, 11) is 0. The molecule has 1 aromatic carbocycles. The van der Waals surface area contributed by atoms with Gasteiger partial charge in [0.1, 0.15) is 5.75 Å². The normalized spacial score (nSPS) is 19.8. The molecular formula is C12H16BrNO. The Morgan fingerprint density at radius 2 is 2.33 bits per heavy atom. The first kappa shape index (κ1) is 11.0. The second-order valence-electron chi connectivity index (χ2n) is 3.87. The molecule has 3 heteroatoms. The zero-order chi connectivity index (χ0) is 10.8. The Kier molecular flexibility index (Phi) is 3.32. The van der Waals surface area contributed by atoms with Crippen LogP contribution in [-0.4, -0.2) is 6.61 Å². The van der Waals surface area contributed by atoms with E-state index < -0.39 is 0 Å². The number of hydrogen-bond acceptors (Lipinski definition) is 2. The van der Waals surface area contributed by atoms with Crippen molar-refractivity contribution in [2.24, 2.45) is 5.73 Å². The number of ether oxygens (including phenoxy) is 1. The second-order valence-corrected chi connectivity index (χ2v) is 4.72. The van der Waals surface area contributed by atoms with Gasteiger partial charge in [0.05, 0.1) is 6.61 Å². The second kappa shape index (κ2) is 4.54. The van der Waals surface area contributed by atoms with Crippen LogP contribution in [0, 0.1) is 0 Å². The summed E-state index contributed by atoms with van der Waals surface area (Å²) in [5.74, 6) is 1.01. The fraction of sp³-hybridized carbons (Fsp3) is 0.500. The fourth-order valence-corrected chi connectivity index (χ4v) is 2.87. The van der Waals surface area contributed by atoms with Crippen molar-refractivity contribution < 1.29 is 4.74 Å². The third-order valence-corrected chi connectivity index (χ3v) is 3.56. The van der Waals surface area contributed by atoms with Gasteiger partial charge in [-0.15, -0.1) is 0 Å². The number of benzene rings is 1. The maximum atomic E-state index is 6.13. The predicted octanol–water partition coefficient (Wildman–Crippen LogP) is 3.18. The molecule has 0 saturated carbocycles. The first-order valence-corrected chi connectivity index (χ1v) is 6.23. The maximum Gasteiger partial charge on any atom is 0.122 e. The minimum absolute atomic E-state index is 0.156. The molecule has 0 radical (unpaired) electrons. The van der Waals surface area contributed by atoms with Gasteiger partial charge < -0.3 is 10.5 Å². The summed E-state index contributed by atoms with van der Waals surface area (Å²) < 4.78 is 6.75. The number of nitrogens with two attached hydrogens (primary N) is 1. The van der Waals surface area contributed by atoms with E-state index in [0.717, 1.165) is 29.5 Å². The molecule has 0 heterocycles. The molecule has 82 valence electrons. The van der Waals surface area contributed by atoms with Gasteiger partial charge in [0.25, 0.3) is 0 Å². The van der Waals surface area contributed by atoms with E-state index in [1.807, 2.05) is 19.1 Å². The van der Waals surface area contributed by atoms with E-state index in [9.17, 15) is 0 Å². The minimum atomic E-state index is 0.156. The molecule has 0 fully saturated rings. The van der Waals surface area contributed by atoms with E-state index in [-0.39, 0.29) is 6.04 Å². The van der Waals surface area contributed by atoms with Crippen molar-refractivity contribution in [1.29, 1.82) is 0 Å². The topological polar surface area (TPSA) is 35.2 Å². The van der Waals surface area contributed by atoms with Crippen LogP contribution in [0.4, 0.5) is 0 Å². The molecule has 0 saturated heterocycles. The van der Waals surface area contributed by atoms with Gasteiger partial charge in [-0.25, -0.2) is 0 Å². The molecule has 0 unspecified atom stereocenters. The fourth-order valence-electron chi connectivity index (χ4n) is 2.21. The predicted molar refractivity (Wildman–Crippen MR) is 65.2 cm³/mol. The van der Waals surface area contributed by atoms with Crippen LogP contribution in [0.1, 0.15) is 36.9 Å². The van der Waals surface area contributed by atoms with Gasteiger partial charge >= 0.3 is 0 Å². The number of hydrogen-bond donors (Lipinski definition) is 1. The molecular weight excluding hydrogens is 254 g/mol. The van der Waals surface area contributed by atoms with Crippen molar-refractivity contribution in [3.8, 4) is 5.75 Å². The third kappa shape index (κ3) is 2.04. The Balaban J connectivity index is 2.48. The summed E-state index contributed by atoms with van der Waals surface area (Å²) in [5.41, 5.74) is 8.67. The Bertz CT molecular complexity index is 365. The lowest BCUT2D eigenvalue weighted by Crippen LogP contribution is -2.18. The first-order valence-electron chi connectivity index (χ1n) is 5.43. The molecule has 1 aliphatic carbocycles. The van der Waals surface area contributed by atoms with Crippen LogP contribution in [0.2, 0.25) is 0 Å². The smallest absolute Gasteiger partial charge is 0.122 e. The highest BCUT2D eigenvalue weighted by molar-refractivity contribution is 9.10. The van der Waals surface area contributed by atoms with E-state index in [4.69, 9.17) is 10.5 Å². The molecule has 2 nitrogen and oxygen atoms in total. The molecule has 0 amide bonds. The van der Waals surface area contributed by atoms with Crippen LogP contribution >= 0.6 is 15.9 Å². The Morgan fingerprint density at radius 3 is 3.07 bits per heavy atom. The highest BCUT2D eigenvalue weighted by Crippen LogP contribution is 2.38. The molecule has 0 bridgehead atoms. The van der Waals surface area contributed by atoms with Crippen LogP contribution < -0.4 is 10.5 Å². The number of fused-ring (bicyclic) bond motifs is 1. The molecule has 0 aliphatic heterocycles. The van der Waals surface area contributed by atoms with E-state index in [2.05, 4.69) is 15.9 Å². The highest BCUT2D eigenvalue weighted by atomic mass is 79.9. The van der Waals surface area contributed by atoms with Crippen LogP contribution in [0.25, 0.3) is 0 Å². The molecule has 0 spiro atoms. The maximum absolute atomic E-state index is 6.13. The molecule has 1 aromatic rings. The van der Waals surface area contributed by atoms with Crippen LogP contribution in [0.15, 0.2) is 16.6 Å². The number of halogens is 1. The zero-order valence-electron chi connectivity index (χ0n) is 8.92. The molecule has 1 aliphatic rings. The molecule has 0 aromatic heterocycles. The molecule has 1 atom stereocenters. The Labute approximate surface area is 98.9 Å². The summed E-state index contributed by atoms with van der Waals surface area (Å²) in [5, 5.41) is 0. The van der Waals surface area contributed by atoms with Crippen molar-refractivity contribution in [2.75, 3.05) is 6.61 Å². The average molecular weight is 270 g/mol. The quantitative estimate of drug-likeness (QED) is 0.895. The number of rotatable bonds is 2. The van der Waals surface area contributed by atoms with Gasteiger partial charge in [0.15, 0.2) is 0 Å². The standard InChI is InChI=1S/C12H16BrNO/c1-2-15-11-7-6-9(13)12-8(11)4-3-5-10(12)14/h6-7,10H,2-5,14H2,1H3/t10-/m0/s1. The third-order valence-electron chi connectivity index (χ3n) is 2.87. The summed E-state index contributed by atoms with van der Waals surface area (Å²) in [6, 6.07) is 4.22. The van der Waals surface area contributed by atoms with Crippen LogP contribution in [-0.2, 0) is 6.42 Å². The van der Waals surface area contributed by atoms with Crippen molar-refractivity contribution in [2.45, 2.75) is 32.2 Å². The largest absolute Gasteiger partial charge is 0.494 e. The van der Waals surface area contributed by atoms with Gasteiger partial charge in [-0.1, -0.05) is 15.9 Å². The summed E-state index contributed by atoms with van der Waals surface area (Å²) in [4.78, 5) is 0. The monoisotopic (exact) mass is 269 g/mol. The average Bonchev–Trinajstić information content (AvgIpc) is 2.22. The van der Waals surface area contributed by atoms with Gasteiger partial charge in [0, 0.05) is 16.1 Å². The lowest BCUT2D eigenvalue weighted by atomic mass is 9.87. The Morgan fingerprint density at radius 1 is 1.53 bits per heavy atom. The highest BCUT2D eigenvalue weighted by Gasteiger charge is 2.22. The van der Waals surface area contributed by atoms with Gasteiger partial charge in [-0.05, 0) is 43.9 Å². The SMILES string of the molecule is CCOc1ccc(Br)c2c1CCC[C@@H]2N. The van der Waals surface area contributed by atoms with E-state index >= 15 is 0 Å². The molecule has 15 heavy (non-hydrogen) atoms. The molecule has 2 rings (SSSR count). The lowest BCUT2D eigenvalue weighted by Gasteiger charge is -2.25. The zero-order valence-corrected chi connectivity index (χ0v) is 10.5.